The number of benzene rings is 1. The van der Waals surface area contributed by atoms with Crippen molar-refractivity contribution < 1.29 is 0 Å². The summed E-state index contributed by atoms with van der Waals surface area (Å²) < 4.78 is 2.03. The normalized spacial score (nSPS) is 13.2. The SMILES string of the molecule is CC(C)c1ccccc1-n1nc(-c2cnccn2)c2c1NCC2. The smallest absolute Gasteiger partial charge is 0.133 e. The van der Waals surface area contributed by atoms with Gasteiger partial charge in [0.1, 0.15) is 17.2 Å². The molecule has 1 aliphatic rings. The summed E-state index contributed by atoms with van der Waals surface area (Å²) in [5, 5.41) is 8.34. The zero-order valence-corrected chi connectivity index (χ0v) is 13.3. The van der Waals surface area contributed by atoms with Crippen LogP contribution >= 0.6 is 0 Å². The van der Waals surface area contributed by atoms with Gasteiger partial charge in [-0.1, -0.05) is 32.0 Å². The van der Waals surface area contributed by atoms with Gasteiger partial charge >= 0.3 is 0 Å². The Kier molecular flexibility index (Phi) is 3.33. The Morgan fingerprint density at radius 1 is 1.17 bits per heavy atom. The van der Waals surface area contributed by atoms with E-state index in [1.807, 2.05) is 4.68 Å². The summed E-state index contributed by atoms with van der Waals surface area (Å²) in [7, 11) is 0. The molecule has 5 heteroatoms. The van der Waals surface area contributed by atoms with Crippen LogP contribution in [0.3, 0.4) is 0 Å². The largest absolute Gasteiger partial charge is 0.369 e. The van der Waals surface area contributed by atoms with Gasteiger partial charge in [0.05, 0.1) is 11.9 Å². The quantitative estimate of drug-likeness (QED) is 0.805. The molecule has 0 amide bonds. The molecule has 4 rings (SSSR count). The van der Waals surface area contributed by atoms with Gasteiger partial charge in [0.15, 0.2) is 0 Å². The van der Waals surface area contributed by atoms with Crippen LogP contribution < -0.4 is 5.32 Å². The second-order valence-corrected chi connectivity index (χ2v) is 6.07. The van der Waals surface area contributed by atoms with Crippen molar-refractivity contribution >= 4 is 5.82 Å². The Hall–Kier alpha value is -2.69. The van der Waals surface area contributed by atoms with E-state index in [0.717, 1.165) is 35.9 Å². The number of aromatic nitrogens is 4. The lowest BCUT2D eigenvalue weighted by Crippen LogP contribution is -2.07. The molecule has 0 saturated heterocycles. The van der Waals surface area contributed by atoms with Crippen LogP contribution in [0.1, 0.15) is 30.9 Å². The predicted octanol–water partition coefficient (Wildman–Crippen LogP) is 3.42. The fraction of sp³-hybridized carbons (Fsp3) is 0.278. The number of anilines is 1. The third-order valence-electron chi connectivity index (χ3n) is 4.24. The molecular weight excluding hydrogens is 286 g/mol. The van der Waals surface area contributed by atoms with E-state index in [-0.39, 0.29) is 0 Å². The van der Waals surface area contributed by atoms with Crippen molar-refractivity contribution in [2.75, 3.05) is 11.9 Å². The van der Waals surface area contributed by atoms with Gasteiger partial charge in [0.2, 0.25) is 0 Å². The third kappa shape index (κ3) is 2.29. The first-order chi connectivity index (χ1) is 11.3. The maximum absolute atomic E-state index is 4.87. The van der Waals surface area contributed by atoms with Gasteiger partial charge in [-0.15, -0.1) is 0 Å². The summed E-state index contributed by atoms with van der Waals surface area (Å²) in [5.41, 5.74) is 5.40. The minimum Gasteiger partial charge on any atom is -0.369 e. The first-order valence-corrected chi connectivity index (χ1v) is 7.97. The summed E-state index contributed by atoms with van der Waals surface area (Å²) in [6.07, 6.45) is 6.14. The summed E-state index contributed by atoms with van der Waals surface area (Å²) in [4.78, 5) is 8.61. The van der Waals surface area contributed by atoms with Crippen molar-refractivity contribution in [3.63, 3.8) is 0 Å². The van der Waals surface area contributed by atoms with Crippen molar-refractivity contribution in [1.82, 2.24) is 19.7 Å². The molecule has 3 aromatic rings. The summed E-state index contributed by atoms with van der Waals surface area (Å²) >= 11 is 0. The van der Waals surface area contributed by atoms with Crippen LogP contribution in [0.2, 0.25) is 0 Å². The van der Waals surface area contributed by atoms with Crippen molar-refractivity contribution in [3.05, 3.63) is 54.0 Å². The molecular formula is C18H19N5. The number of rotatable bonds is 3. The monoisotopic (exact) mass is 305 g/mol. The molecule has 0 atom stereocenters. The topological polar surface area (TPSA) is 55.6 Å². The zero-order valence-electron chi connectivity index (χ0n) is 13.3. The molecule has 0 spiro atoms. The van der Waals surface area contributed by atoms with Gasteiger partial charge in [-0.2, -0.15) is 5.10 Å². The fourth-order valence-corrected chi connectivity index (χ4v) is 3.14. The van der Waals surface area contributed by atoms with Crippen LogP contribution in [0.15, 0.2) is 42.9 Å². The molecule has 1 aromatic carbocycles. The van der Waals surface area contributed by atoms with Gasteiger partial charge in [-0.25, -0.2) is 4.68 Å². The lowest BCUT2D eigenvalue weighted by Gasteiger charge is -2.14. The van der Waals surface area contributed by atoms with Crippen LogP contribution in [-0.4, -0.2) is 26.3 Å². The number of hydrogen-bond donors (Lipinski definition) is 1. The molecule has 0 fully saturated rings. The van der Waals surface area contributed by atoms with E-state index < -0.39 is 0 Å². The molecule has 1 N–H and O–H groups in total. The number of para-hydroxylation sites is 1. The lowest BCUT2D eigenvalue weighted by molar-refractivity contribution is 0.811. The highest BCUT2D eigenvalue weighted by molar-refractivity contribution is 5.70. The zero-order chi connectivity index (χ0) is 15.8. The number of nitrogens with zero attached hydrogens (tertiary/aromatic N) is 4. The molecule has 2 aromatic heterocycles. The van der Waals surface area contributed by atoms with Crippen molar-refractivity contribution in [1.29, 1.82) is 0 Å². The molecule has 3 heterocycles. The number of fused-ring (bicyclic) bond motifs is 1. The van der Waals surface area contributed by atoms with Gasteiger partial charge in [-0.3, -0.25) is 9.97 Å². The fourth-order valence-electron chi connectivity index (χ4n) is 3.14. The van der Waals surface area contributed by atoms with Crippen molar-refractivity contribution in [2.45, 2.75) is 26.2 Å². The third-order valence-corrected chi connectivity index (χ3v) is 4.24. The van der Waals surface area contributed by atoms with Crippen LogP contribution in [0.4, 0.5) is 5.82 Å². The van der Waals surface area contributed by atoms with Crippen LogP contribution in [0, 0.1) is 0 Å². The first kappa shape index (κ1) is 13.9. The summed E-state index contributed by atoms with van der Waals surface area (Å²) in [5.74, 6) is 1.52. The molecule has 0 bridgehead atoms. The molecule has 1 aliphatic heterocycles. The average Bonchev–Trinajstić information content (AvgIpc) is 3.18. The molecule has 5 nitrogen and oxygen atoms in total. The maximum Gasteiger partial charge on any atom is 0.133 e. The first-order valence-electron chi connectivity index (χ1n) is 7.97. The van der Waals surface area contributed by atoms with E-state index in [9.17, 15) is 0 Å². The predicted molar refractivity (Wildman–Crippen MR) is 90.9 cm³/mol. The van der Waals surface area contributed by atoms with Gasteiger partial charge in [-0.05, 0) is 24.0 Å². The van der Waals surface area contributed by atoms with Crippen LogP contribution in [0.5, 0.6) is 0 Å². The molecule has 0 aliphatic carbocycles. The number of nitrogens with one attached hydrogen (secondary N) is 1. The standard InChI is InChI=1S/C18H19N5/c1-12(2)13-5-3-4-6-16(13)23-18-14(7-8-21-18)17(22-23)15-11-19-9-10-20-15/h3-6,9-12,21H,7-8H2,1-2H3. The minimum absolute atomic E-state index is 0.437. The second-order valence-electron chi connectivity index (χ2n) is 6.07. The minimum atomic E-state index is 0.437. The molecule has 116 valence electrons. The van der Waals surface area contributed by atoms with Crippen LogP contribution in [0.25, 0.3) is 17.1 Å². The maximum atomic E-state index is 4.87. The molecule has 0 unspecified atom stereocenters. The van der Waals surface area contributed by atoms with Crippen molar-refractivity contribution in [3.8, 4) is 17.1 Å². The summed E-state index contributed by atoms with van der Waals surface area (Å²) in [6, 6.07) is 8.44. The molecule has 23 heavy (non-hydrogen) atoms. The van der Waals surface area contributed by atoms with E-state index in [1.54, 1.807) is 18.6 Å². The van der Waals surface area contributed by atoms with Gasteiger partial charge in [0.25, 0.3) is 0 Å². The Morgan fingerprint density at radius 2 is 2.04 bits per heavy atom. The Labute approximate surface area is 135 Å². The van der Waals surface area contributed by atoms with Crippen LogP contribution in [-0.2, 0) is 6.42 Å². The van der Waals surface area contributed by atoms with Crippen molar-refractivity contribution in [2.24, 2.45) is 0 Å². The van der Waals surface area contributed by atoms with E-state index in [2.05, 4.69) is 53.4 Å². The summed E-state index contributed by atoms with van der Waals surface area (Å²) in [6.45, 7) is 5.35. The average molecular weight is 305 g/mol. The lowest BCUT2D eigenvalue weighted by atomic mass is 10.0. The van der Waals surface area contributed by atoms with E-state index in [0.29, 0.717) is 5.92 Å². The highest BCUT2D eigenvalue weighted by atomic mass is 15.3. The van der Waals surface area contributed by atoms with E-state index >= 15 is 0 Å². The van der Waals surface area contributed by atoms with Gasteiger partial charge in [0, 0.05) is 24.5 Å². The van der Waals surface area contributed by atoms with Gasteiger partial charge < -0.3 is 5.32 Å². The Balaban J connectivity index is 1.92. The van der Waals surface area contributed by atoms with E-state index in [4.69, 9.17) is 5.10 Å². The second kappa shape index (κ2) is 5.50. The number of hydrogen-bond acceptors (Lipinski definition) is 4. The van der Waals surface area contributed by atoms with E-state index in [1.165, 1.54) is 11.1 Å². The Morgan fingerprint density at radius 3 is 2.83 bits per heavy atom. The highest BCUT2D eigenvalue weighted by Gasteiger charge is 2.25. The highest BCUT2D eigenvalue weighted by Crippen LogP contribution is 2.35. The molecule has 0 radical (unpaired) electrons. The molecule has 0 saturated carbocycles. The Bertz CT molecular complexity index is 836.